The number of aryl methyl sites for hydroxylation is 1. The predicted octanol–water partition coefficient (Wildman–Crippen LogP) is 0.884. The van der Waals surface area contributed by atoms with Gasteiger partial charge in [-0.15, -0.1) is 0 Å². The van der Waals surface area contributed by atoms with Crippen LogP contribution >= 0.6 is 0 Å². The Bertz CT molecular complexity index is 708. The summed E-state index contributed by atoms with van der Waals surface area (Å²) in [5.41, 5.74) is 0.307. The second kappa shape index (κ2) is 5.31. The number of ether oxygens (including phenoxy) is 1. The Labute approximate surface area is 130 Å². The molecule has 1 atom stereocenters. The molecule has 7 heteroatoms. The van der Waals surface area contributed by atoms with E-state index in [1.165, 1.54) is 7.11 Å². The van der Waals surface area contributed by atoms with Crippen LogP contribution < -0.4 is 10.1 Å². The molecule has 1 saturated carbocycles. The largest absolute Gasteiger partial charge is 0.480 e. The molecule has 2 aliphatic rings. The van der Waals surface area contributed by atoms with Gasteiger partial charge in [-0.3, -0.25) is 4.79 Å². The van der Waals surface area contributed by atoms with E-state index in [0.717, 1.165) is 18.7 Å². The van der Waals surface area contributed by atoms with Gasteiger partial charge in [0, 0.05) is 18.0 Å². The lowest BCUT2D eigenvalue weighted by atomic mass is 9.62. The van der Waals surface area contributed by atoms with Crippen LogP contribution in [0.5, 0.6) is 5.88 Å². The molecule has 1 N–H and O–H groups in total. The summed E-state index contributed by atoms with van der Waals surface area (Å²) in [6.45, 7) is 3.28. The lowest BCUT2D eigenvalue weighted by Gasteiger charge is -2.49. The Morgan fingerprint density at radius 2 is 2.05 bits per heavy atom. The molecule has 1 aromatic heterocycles. The quantitative estimate of drug-likeness (QED) is 0.888. The summed E-state index contributed by atoms with van der Waals surface area (Å²) in [6.07, 6.45) is 3.34. The van der Waals surface area contributed by atoms with Crippen molar-refractivity contribution in [2.45, 2.75) is 36.3 Å². The number of nitrogens with zero attached hydrogens (tertiary/aromatic N) is 1. The van der Waals surface area contributed by atoms with Crippen molar-refractivity contribution in [3.05, 3.63) is 17.8 Å². The number of hydrogen-bond donors (Lipinski definition) is 1. The Hall–Kier alpha value is -1.47. The molecule has 120 valence electrons. The smallest absolute Gasteiger partial charge is 0.232 e. The summed E-state index contributed by atoms with van der Waals surface area (Å²) < 4.78 is 31.2. The topological polar surface area (TPSA) is 85.4 Å². The highest BCUT2D eigenvalue weighted by Gasteiger charge is 2.60. The zero-order valence-corrected chi connectivity index (χ0v) is 13.6. The number of aromatic nitrogens is 1. The minimum absolute atomic E-state index is 0.0333. The molecule has 1 unspecified atom stereocenters. The third-order valence-electron chi connectivity index (χ3n) is 4.74. The summed E-state index contributed by atoms with van der Waals surface area (Å²) in [5, 5.41) is 2.26. The Balaban J connectivity index is 2.06. The zero-order chi connectivity index (χ0) is 16.0. The summed E-state index contributed by atoms with van der Waals surface area (Å²) in [6, 6.07) is 1.54. The van der Waals surface area contributed by atoms with Crippen molar-refractivity contribution in [3.63, 3.8) is 0 Å². The van der Waals surface area contributed by atoms with Crippen LogP contribution in [-0.4, -0.2) is 44.6 Å². The second-order valence-electron chi connectivity index (χ2n) is 6.20. The van der Waals surface area contributed by atoms with Crippen LogP contribution in [0.2, 0.25) is 0 Å². The van der Waals surface area contributed by atoms with Crippen LogP contribution in [0.3, 0.4) is 0 Å². The van der Waals surface area contributed by atoms with Crippen molar-refractivity contribution in [3.8, 4) is 5.88 Å². The van der Waals surface area contributed by atoms with Gasteiger partial charge in [0.2, 0.25) is 5.88 Å². The number of carbonyl (C=O) groups is 1. The molecule has 6 nitrogen and oxygen atoms in total. The lowest BCUT2D eigenvalue weighted by Crippen LogP contribution is -2.60. The molecule has 0 radical (unpaired) electrons. The molecule has 0 amide bonds. The van der Waals surface area contributed by atoms with E-state index in [4.69, 9.17) is 4.74 Å². The summed E-state index contributed by atoms with van der Waals surface area (Å²) in [7, 11) is -2.40. The van der Waals surface area contributed by atoms with Gasteiger partial charge in [-0.2, -0.15) is 0 Å². The number of Topliss-reactive ketones (excluding diaryl/α,β-unsaturated/α-hetero) is 1. The van der Waals surface area contributed by atoms with Gasteiger partial charge in [-0.25, -0.2) is 13.4 Å². The van der Waals surface area contributed by atoms with E-state index >= 15 is 0 Å². The van der Waals surface area contributed by atoms with Crippen LogP contribution in [0.1, 0.15) is 24.8 Å². The molecule has 2 fully saturated rings. The number of carbonyl (C=O) groups excluding carboxylic acids is 1. The van der Waals surface area contributed by atoms with E-state index in [9.17, 15) is 13.2 Å². The number of rotatable bonds is 3. The Morgan fingerprint density at radius 3 is 2.64 bits per heavy atom. The van der Waals surface area contributed by atoms with Gasteiger partial charge in [0.15, 0.2) is 15.6 Å². The first kappa shape index (κ1) is 15.4. The standard InChI is InChI=1S/C15H20N2O4S/c1-10-7-12(14(21-2)17-9-10)22(19,20)13-11(18)8-15(13)3-5-16-6-4-15/h7,9,13,16H,3-6,8H2,1-2H3. The third kappa shape index (κ3) is 2.23. The Morgan fingerprint density at radius 1 is 1.36 bits per heavy atom. The number of piperidine rings is 1. The molecular weight excluding hydrogens is 304 g/mol. The van der Waals surface area contributed by atoms with Crippen molar-refractivity contribution >= 4 is 15.6 Å². The van der Waals surface area contributed by atoms with Crippen molar-refractivity contribution < 1.29 is 17.9 Å². The lowest BCUT2D eigenvalue weighted by molar-refractivity contribution is -0.133. The molecule has 1 aromatic rings. The minimum Gasteiger partial charge on any atom is -0.480 e. The normalized spacial score (nSPS) is 24.1. The summed E-state index contributed by atoms with van der Waals surface area (Å²) in [4.78, 5) is 16.2. The predicted molar refractivity (Wildman–Crippen MR) is 80.7 cm³/mol. The minimum atomic E-state index is -3.79. The van der Waals surface area contributed by atoms with E-state index in [2.05, 4.69) is 10.3 Å². The van der Waals surface area contributed by atoms with E-state index < -0.39 is 20.5 Å². The monoisotopic (exact) mass is 324 g/mol. The van der Waals surface area contributed by atoms with Crippen LogP contribution in [0.15, 0.2) is 17.2 Å². The van der Waals surface area contributed by atoms with E-state index in [-0.39, 0.29) is 16.6 Å². The fourth-order valence-electron chi connectivity index (χ4n) is 3.62. The van der Waals surface area contributed by atoms with Crippen LogP contribution in [0, 0.1) is 12.3 Å². The van der Waals surface area contributed by atoms with Gasteiger partial charge in [-0.05, 0) is 44.5 Å². The molecule has 0 bridgehead atoms. The average molecular weight is 324 g/mol. The molecule has 0 aromatic carbocycles. The van der Waals surface area contributed by atoms with E-state index in [1.807, 2.05) is 0 Å². The maximum Gasteiger partial charge on any atom is 0.232 e. The first-order valence-corrected chi connectivity index (χ1v) is 8.93. The molecule has 22 heavy (non-hydrogen) atoms. The molecule has 1 saturated heterocycles. The van der Waals surface area contributed by atoms with Crippen LogP contribution in [-0.2, 0) is 14.6 Å². The highest BCUT2D eigenvalue weighted by Crippen LogP contribution is 2.51. The van der Waals surface area contributed by atoms with Crippen molar-refractivity contribution in [1.82, 2.24) is 10.3 Å². The fraction of sp³-hybridized carbons (Fsp3) is 0.600. The van der Waals surface area contributed by atoms with Gasteiger partial charge >= 0.3 is 0 Å². The SMILES string of the molecule is COc1ncc(C)cc1S(=O)(=O)C1C(=O)CC12CCNCC2. The Kier molecular flexibility index (Phi) is 3.72. The number of methoxy groups -OCH3 is 1. The number of hydrogen-bond acceptors (Lipinski definition) is 6. The van der Waals surface area contributed by atoms with Crippen LogP contribution in [0.4, 0.5) is 0 Å². The highest BCUT2D eigenvalue weighted by molar-refractivity contribution is 7.93. The van der Waals surface area contributed by atoms with Crippen molar-refractivity contribution in [2.24, 2.45) is 5.41 Å². The number of pyridine rings is 1. The number of sulfone groups is 1. The van der Waals surface area contributed by atoms with Crippen molar-refractivity contribution in [2.75, 3.05) is 20.2 Å². The molecule has 2 heterocycles. The van der Waals surface area contributed by atoms with Gasteiger partial charge in [0.1, 0.15) is 10.1 Å². The number of ketones is 1. The van der Waals surface area contributed by atoms with Gasteiger partial charge < -0.3 is 10.1 Å². The summed E-state index contributed by atoms with van der Waals surface area (Å²) >= 11 is 0. The van der Waals surface area contributed by atoms with Crippen molar-refractivity contribution in [1.29, 1.82) is 0 Å². The first-order chi connectivity index (χ1) is 10.4. The molecule has 3 rings (SSSR count). The van der Waals surface area contributed by atoms with E-state index in [1.54, 1.807) is 19.2 Å². The maximum absolute atomic E-state index is 13.1. The maximum atomic E-state index is 13.1. The molecule has 1 aliphatic heterocycles. The third-order valence-corrected chi connectivity index (χ3v) is 7.03. The fourth-order valence-corrected chi connectivity index (χ4v) is 6.01. The van der Waals surface area contributed by atoms with Gasteiger partial charge in [-0.1, -0.05) is 0 Å². The van der Waals surface area contributed by atoms with E-state index in [0.29, 0.717) is 19.3 Å². The molecule has 1 spiro atoms. The highest BCUT2D eigenvalue weighted by atomic mass is 32.2. The molecule has 1 aliphatic carbocycles. The number of nitrogens with one attached hydrogen (secondary N) is 1. The first-order valence-electron chi connectivity index (χ1n) is 7.39. The molecular formula is C15H20N2O4S. The second-order valence-corrected chi connectivity index (χ2v) is 8.20. The summed E-state index contributed by atoms with van der Waals surface area (Å²) in [5.74, 6) is -0.125. The van der Waals surface area contributed by atoms with Crippen LogP contribution in [0.25, 0.3) is 0 Å². The van der Waals surface area contributed by atoms with Gasteiger partial charge in [0.05, 0.1) is 7.11 Å². The average Bonchev–Trinajstić information content (AvgIpc) is 2.47. The van der Waals surface area contributed by atoms with Gasteiger partial charge in [0.25, 0.3) is 0 Å². The zero-order valence-electron chi connectivity index (χ0n) is 12.8.